The van der Waals surface area contributed by atoms with E-state index in [-0.39, 0.29) is 17.4 Å². The Balaban J connectivity index is 0.00000243. The van der Waals surface area contributed by atoms with Gasteiger partial charge in [0.25, 0.3) is 5.91 Å². The molecule has 1 aliphatic rings. The van der Waals surface area contributed by atoms with Crippen molar-refractivity contribution in [1.82, 2.24) is 10.3 Å². The Morgan fingerprint density at radius 3 is 2.50 bits per heavy atom. The number of nitrogens with one attached hydrogen (secondary N) is 1. The first-order chi connectivity index (χ1) is 11.8. The minimum absolute atomic E-state index is 0. The average molecular weight is 407 g/mol. The van der Waals surface area contributed by atoms with Gasteiger partial charge in [0, 0.05) is 28.2 Å². The summed E-state index contributed by atoms with van der Waals surface area (Å²) in [5.41, 5.74) is -0.847. The van der Waals surface area contributed by atoms with Crippen LogP contribution in [0.15, 0.2) is 36.5 Å². The third kappa shape index (κ3) is 4.11. The summed E-state index contributed by atoms with van der Waals surface area (Å²) >= 11 is 12.1. The van der Waals surface area contributed by atoms with E-state index in [1.807, 2.05) is 0 Å². The van der Waals surface area contributed by atoms with Gasteiger partial charge in [-0.2, -0.15) is 13.2 Å². The Hall–Kier alpha value is -1.83. The van der Waals surface area contributed by atoms with E-state index in [0.717, 1.165) is 24.2 Å². The van der Waals surface area contributed by atoms with Gasteiger partial charge in [0.2, 0.25) is 0 Å². The molecule has 3 rings (SSSR count). The highest BCUT2D eigenvalue weighted by atomic mass is 35.5. The van der Waals surface area contributed by atoms with Gasteiger partial charge in [0.05, 0.1) is 5.56 Å². The molecule has 1 aromatic heterocycles. The monoisotopic (exact) mass is 406 g/mol. The molecular formula is C17H15Cl2F3N2O2. The third-order valence-corrected chi connectivity index (χ3v) is 4.84. The molecule has 1 fully saturated rings. The number of halogens is 5. The normalized spacial score (nSPS) is 19.3. The van der Waals surface area contributed by atoms with Gasteiger partial charge < -0.3 is 10.8 Å². The van der Waals surface area contributed by atoms with Crippen LogP contribution in [0.5, 0.6) is 0 Å². The lowest BCUT2D eigenvalue weighted by molar-refractivity contribution is -0.141. The molecule has 1 amide bonds. The standard InChI is InChI=1S/C17H13Cl2F3N2O.H2O/c18-9-3-4-10(13(19)8-9)11-5-6-14(11)24-16(25)12-2-1-7-23-15(12)17(20,21)22;/h1-4,7-8,11,14H,5-6H2,(H,24,25);1H2/t11-,14-;/m0./s1. The van der Waals surface area contributed by atoms with E-state index in [2.05, 4.69) is 10.3 Å². The highest BCUT2D eigenvalue weighted by Crippen LogP contribution is 2.41. The molecule has 0 aliphatic heterocycles. The molecular weight excluding hydrogens is 392 g/mol. The molecule has 3 N–H and O–H groups in total. The Bertz CT molecular complexity index is 815. The number of amides is 1. The minimum atomic E-state index is -4.69. The van der Waals surface area contributed by atoms with Crippen LogP contribution in [0.3, 0.4) is 0 Å². The van der Waals surface area contributed by atoms with E-state index in [1.54, 1.807) is 18.2 Å². The highest BCUT2D eigenvalue weighted by Gasteiger charge is 2.39. The van der Waals surface area contributed by atoms with Crippen molar-refractivity contribution >= 4 is 29.1 Å². The van der Waals surface area contributed by atoms with Gasteiger partial charge in [-0.25, -0.2) is 0 Å². The molecule has 9 heteroatoms. The van der Waals surface area contributed by atoms with Crippen LogP contribution in [-0.4, -0.2) is 22.4 Å². The summed E-state index contributed by atoms with van der Waals surface area (Å²) in [7, 11) is 0. The molecule has 140 valence electrons. The zero-order valence-electron chi connectivity index (χ0n) is 13.3. The second kappa shape index (κ2) is 7.82. The van der Waals surface area contributed by atoms with Crippen molar-refractivity contribution in [3.05, 3.63) is 63.4 Å². The van der Waals surface area contributed by atoms with Gasteiger partial charge in [-0.15, -0.1) is 0 Å². The lowest BCUT2D eigenvalue weighted by Crippen LogP contribution is -2.46. The van der Waals surface area contributed by atoms with Crippen LogP contribution in [0.25, 0.3) is 0 Å². The van der Waals surface area contributed by atoms with E-state index in [0.29, 0.717) is 16.5 Å². The third-order valence-electron chi connectivity index (χ3n) is 4.27. The van der Waals surface area contributed by atoms with Crippen LogP contribution in [-0.2, 0) is 6.18 Å². The molecule has 4 nitrogen and oxygen atoms in total. The summed E-state index contributed by atoms with van der Waals surface area (Å²) in [6.45, 7) is 0. The van der Waals surface area contributed by atoms with Crippen molar-refractivity contribution in [3.63, 3.8) is 0 Å². The molecule has 0 radical (unpaired) electrons. The van der Waals surface area contributed by atoms with Crippen LogP contribution in [0.4, 0.5) is 13.2 Å². The summed E-state index contributed by atoms with van der Waals surface area (Å²) in [5.74, 6) is -0.847. The summed E-state index contributed by atoms with van der Waals surface area (Å²) < 4.78 is 39.0. The number of nitrogens with zero attached hydrogens (tertiary/aromatic N) is 1. The topological polar surface area (TPSA) is 73.5 Å². The first-order valence-electron chi connectivity index (χ1n) is 7.55. The van der Waals surface area contributed by atoms with Crippen molar-refractivity contribution in [2.45, 2.75) is 31.0 Å². The van der Waals surface area contributed by atoms with Gasteiger partial charge in [-0.3, -0.25) is 9.78 Å². The number of hydrogen-bond acceptors (Lipinski definition) is 2. The molecule has 0 unspecified atom stereocenters. The van der Waals surface area contributed by atoms with Crippen molar-refractivity contribution in [2.75, 3.05) is 0 Å². The first-order valence-corrected chi connectivity index (χ1v) is 8.31. The van der Waals surface area contributed by atoms with Gasteiger partial charge in [-0.05, 0) is 42.7 Å². The zero-order valence-corrected chi connectivity index (χ0v) is 14.8. The fraction of sp³-hybridized carbons (Fsp3) is 0.294. The highest BCUT2D eigenvalue weighted by molar-refractivity contribution is 6.35. The van der Waals surface area contributed by atoms with Crippen molar-refractivity contribution in [1.29, 1.82) is 0 Å². The largest absolute Gasteiger partial charge is 0.434 e. The number of aromatic nitrogens is 1. The molecule has 2 aromatic rings. The van der Waals surface area contributed by atoms with Gasteiger partial charge in [0.1, 0.15) is 0 Å². The Morgan fingerprint density at radius 2 is 1.92 bits per heavy atom. The van der Waals surface area contributed by atoms with Gasteiger partial charge in [0.15, 0.2) is 5.69 Å². The van der Waals surface area contributed by atoms with E-state index in [9.17, 15) is 18.0 Å². The maximum atomic E-state index is 13.0. The number of carbonyl (C=O) groups is 1. The second-order valence-electron chi connectivity index (χ2n) is 5.83. The van der Waals surface area contributed by atoms with Crippen LogP contribution < -0.4 is 5.32 Å². The molecule has 0 saturated heterocycles. The molecule has 2 atom stereocenters. The molecule has 1 aliphatic carbocycles. The number of benzene rings is 1. The van der Waals surface area contributed by atoms with Gasteiger partial charge in [-0.1, -0.05) is 29.3 Å². The average Bonchev–Trinajstić information content (AvgIpc) is 2.53. The van der Waals surface area contributed by atoms with Crippen LogP contribution in [0.2, 0.25) is 10.0 Å². The Labute approximate surface area is 157 Å². The van der Waals surface area contributed by atoms with Crippen LogP contribution in [0, 0.1) is 0 Å². The van der Waals surface area contributed by atoms with Crippen molar-refractivity contribution in [3.8, 4) is 0 Å². The maximum Gasteiger partial charge on any atom is 0.434 e. The number of alkyl halides is 3. The fourth-order valence-electron chi connectivity index (χ4n) is 2.91. The predicted octanol–water partition coefficient (Wildman–Crippen LogP) is 4.26. The Kier molecular flexibility index (Phi) is 6.16. The summed E-state index contributed by atoms with van der Waals surface area (Å²) in [4.78, 5) is 15.6. The first kappa shape index (κ1) is 20.5. The summed E-state index contributed by atoms with van der Waals surface area (Å²) in [5, 5.41) is 3.64. The Morgan fingerprint density at radius 1 is 1.19 bits per heavy atom. The van der Waals surface area contributed by atoms with Crippen molar-refractivity contribution in [2.24, 2.45) is 0 Å². The van der Waals surface area contributed by atoms with E-state index < -0.39 is 23.3 Å². The SMILES string of the molecule is O.O=C(N[C@H]1CC[C@H]1c1ccc(Cl)cc1Cl)c1cccnc1C(F)(F)F. The van der Waals surface area contributed by atoms with Crippen LogP contribution in [0.1, 0.15) is 40.4 Å². The number of carbonyl (C=O) groups excluding carboxylic acids is 1. The lowest BCUT2D eigenvalue weighted by atomic mass is 9.75. The maximum absolute atomic E-state index is 13.0. The minimum Gasteiger partial charge on any atom is -0.412 e. The molecule has 1 aromatic carbocycles. The summed E-state index contributed by atoms with van der Waals surface area (Å²) in [6.07, 6.45) is -2.23. The smallest absolute Gasteiger partial charge is 0.412 e. The predicted molar refractivity (Wildman–Crippen MR) is 92.5 cm³/mol. The molecule has 0 spiro atoms. The van der Waals surface area contributed by atoms with E-state index in [1.165, 1.54) is 6.07 Å². The second-order valence-corrected chi connectivity index (χ2v) is 6.67. The quantitative estimate of drug-likeness (QED) is 0.826. The summed E-state index contributed by atoms with van der Waals surface area (Å²) in [6, 6.07) is 7.22. The zero-order chi connectivity index (χ0) is 18.2. The number of rotatable bonds is 3. The van der Waals surface area contributed by atoms with E-state index >= 15 is 0 Å². The van der Waals surface area contributed by atoms with Gasteiger partial charge >= 0.3 is 6.18 Å². The lowest BCUT2D eigenvalue weighted by Gasteiger charge is -2.38. The van der Waals surface area contributed by atoms with E-state index in [4.69, 9.17) is 23.2 Å². The molecule has 0 bridgehead atoms. The molecule has 26 heavy (non-hydrogen) atoms. The molecule has 1 heterocycles. The fourth-order valence-corrected chi connectivity index (χ4v) is 3.46. The van der Waals surface area contributed by atoms with Crippen LogP contribution >= 0.6 is 23.2 Å². The number of hydrogen-bond donors (Lipinski definition) is 1. The number of pyridine rings is 1. The van der Waals surface area contributed by atoms with Crippen molar-refractivity contribution < 1.29 is 23.4 Å². The molecule has 1 saturated carbocycles.